The first kappa shape index (κ1) is 23.6. The van der Waals surface area contributed by atoms with E-state index < -0.39 is 0 Å². The quantitative estimate of drug-likeness (QED) is 0.466. The number of Topliss-reactive ketones (excluding diaryl/α,β-unsaturated/α-hetero) is 1. The molecule has 2 aromatic carbocycles. The summed E-state index contributed by atoms with van der Waals surface area (Å²) in [6, 6.07) is 17.8. The monoisotopic (exact) mass is 459 g/mol. The number of ketones is 1. The molecule has 1 N–H and O–H groups in total. The number of aromatic nitrogens is 1. The molecule has 4 rings (SSSR count). The Bertz CT molecular complexity index is 1150. The lowest BCUT2D eigenvalue weighted by atomic mass is 9.95. The first-order chi connectivity index (χ1) is 16.4. The predicted octanol–water partition coefficient (Wildman–Crippen LogP) is 5.62. The van der Waals surface area contributed by atoms with E-state index in [4.69, 9.17) is 0 Å². The van der Waals surface area contributed by atoms with Gasteiger partial charge in [-0.25, -0.2) is 9.37 Å². The van der Waals surface area contributed by atoms with Crippen molar-refractivity contribution in [3.05, 3.63) is 89.4 Å². The molecule has 5 nitrogen and oxygen atoms in total. The Morgan fingerprint density at radius 1 is 1.06 bits per heavy atom. The molecule has 0 atom stereocenters. The van der Waals surface area contributed by atoms with Gasteiger partial charge in [-0.3, -0.25) is 9.59 Å². The minimum atomic E-state index is -0.374. The summed E-state index contributed by atoms with van der Waals surface area (Å²) < 4.78 is 13.9. The number of pyridine rings is 1. The number of benzene rings is 2. The van der Waals surface area contributed by atoms with Gasteiger partial charge in [0.05, 0.1) is 0 Å². The van der Waals surface area contributed by atoms with Crippen molar-refractivity contribution in [2.45, 2.75) is 39.0 Å². The summed E-state index contributed by atoms with van der Waals surface area (Å²) in [6.45, 7) is 5.65. The van der Waals surface area contributed by atoms with Crippen LogP contribution in [0.1, 0.15) is 54.1 Å². The van der Waals surface area contributed by atoms with Crippen molar-refractivity contribution in [3.8, 4) is 0 Å². The summed E-state index contributed by atoms with van der Waals surface area (Å²) in [7, 11) is 0. The van der Waals surface area contributed by atoms with Crippen molar-refractivity contribution >= 4 is 23.2 Å². The normalized spacial score (nSPS) is 14.3. The summed E-state index contributed by atoms with van der Waals surface area (Å²) in [6.07, 6.45) is 3.05. The van der Waals surface area contributed by atoms with Crippen LogP contribution in [0.3, 0.4) is 0 Å². The van der Waals surface area contributed by atoms with E-state index in [1.54, 1.807) is 36.5 Å². The summed E-state index contributed by atoms with van der Waals surface area (Å²) >= 11 is 0. The highest BCUT2D eigenvalue weighted by atomic mass is 19.1. The Morgan fingerprint density at radius 3 is 2.44 bits per heavy atom. The van der Waals surface area contributed by atoms with Gasteiger partial charge in [0.15, 0.2) is 5.78 Å². The molecule has 1 aliphatic rings. The molecule has 1 saturated heterocycles. The van der Waals surface area contributed by atoms with Gasteiger partial charge in [-0.05, 0) is 60.2 Å². The Labute approximate surface area is 200 Å². The molecule has 0 spiro atoms. The molecule has 1 aromatic heterocycles. The van der Waals surface area contributed by atoms with Gasteiger partial charge in [0.25, 0.3) is 0 Å². The molecule has 0 radical (unpaired) electrons. The summed E-state index contributed by atoms with van der Waals surface area (Å²) in [4.78, 5) is 32.0. The number of piperidine rings is 1. The number of hydrogen-bond donors (Lipinski definition) is 1. The van der Waals surface area contributed by atoms with E-state index in [1.807, 2.05) is 12.1 Å². The average molecular weight is 460 g/mol. The maximum atomic E-state index is 13.9. The smallest absolute Gasteiger partial charge is 0.227 e. The Kier molecular flexibility index (Phi) is 7.36. The lowest BCUT2D eigenvalue weighted by Gasteiger charge is -2.32. The minimum absolute atomic E-state index is 0.0104. The van der Waals surface area contributed by atoms with Crippen molar-refractivity contribution in [1.82, 2.24) is 4.98 Å². The van der Waals surface area contributed by atoms with Crippen molar-refractivity contribution in [2.24, 2.45) is 5.92 Å². The molecule has 176 valence electrons. The number of rotatable bonds is 7. The van der Waals surface area contributed by atoms with Crippen LogP contribution in [0.15, 0.2) is 66.9 Å². The fraction of sp³-hybridized carbons (Fsp3) is 0.321. The Hall–Kier alpha value is -3.54. The van der Waals surface area contributed by atoms with Gasteiger partial charge in [-0.2, -0.15) is 0 Å². The average Bonchev–Trinajstić information content (AvgIpc) is 2.86. The van der Waals surface area contributed by atoms with Crippen LogP contribution in [0.2, 0.25) is 0 Å². The molecule has 6 heteroatoms. The number of nitrogens with one attached hydrogen (secondary N) is 1. The number of hydrogen-bond acceptors (Lipinski definition) is 4. The second kappa shape index (κ2) is 10.6. The molecule has 2 heterocycles. The maximum Gasteiger partial charge on any atom is 0.227 e. The first-order valence-electron chi connectivity index (χ1n) is 11.8. The first-order valence-corrected chi connectivity index (χ1v) is 11.8. The predicted molar refractivity (Wildman–Crippen MR) is 133 cm³/mol. The van der Waals surface area contributed by atoms with Gasteiger partial charge in [0, 0.05) is 42.9 Å². The van der Waals surface area contributed by atoms with Gasteiger partial charge < -0.3 is 10.2 Å². The highest BCUT2D eigenvalue weighted by Gasteiger charge is 2.26. The van der Waals surface area contributed by atoms with Gasteiger partial charge in [-0.1, -0.05) is 44.2 Å². The van der Waals surface area contributed by atoms with E-state index in [9.17, 15) is 14.0 Å². The maximum absolute atomic E-state index is 13.9. The van der Waals surface area contributed by atoms with Crippen LogP contribution in [0.4, 0.5) is 15.9 Å². The summed E-state index contributed by atoms with van der Waals surface area (Å²) in [5.74, 6) is 0.622. The molecule has 1 aliphatic heterocycles. The van der Waals surface area contributed by atoms with E-state index >= 15 is 0 Å². The molecular weight excluding hydrogens is 429 g/mol. The lowest BCUT2D eigenvalue weighted by molar-refractivity contribution is -0.120. The molecule has 1 fully saturated rings. The largest absolute Gasteiger partial charge is 0.357 e. The highest BCUT2D eigenvalue weighted by molar-refractivity contribution is 5.98. The zero-order valence-electron chi connectivity index (χ0n) is 19.6. The van der Waals surface area contributed by atoms with E-state index in [0.29, 0.717) is 48.8 Å². The fourth-order valence-corrected chi connectivity index (χ4v) is 4.25. The number of carbonyl (C=O) groups excluding carboxylic acids is 2. The van der Waals surface area contributed by atoms with E-state index in [0.717, 1.165) is 5.69 Å². The standard InChI is InChI=1S/C28H30FN3O2/c1-19(2)20-7-9-24(10-8-20)31-28(34)21-12-15-32(16-13-21)27-18-23(11-14-30-27)26(33)17-22-5-3-4-6-25(22)29/h3-11,14,18-19,21H,12-13,15-17H2,1-2H3,(H,31,34). The fourth-order valence-electron chi connectivity index (χ4n) is 4.25. The van der Waals surface area contributed by atoms with Crippen LogP contribution in [-0.4, -0.2) is 29.8 Å². The summed E-state index contributed by atoms with van der Waals surface area (Å²) in [5.41, 5.74) is 2.96. The third-order valence-electron chi connectivity index (χ3n) is 6.41. The van der Waals surface area contributed by atoms with Crippen LogP contribution < -0.4 is 10.2 Å². The molecule has 0 bridgehead atoms. The summed E-state index contributed by atoms with van der Waals surface area (Å²) in [5, 5.41) is 3.04. The number of carbonyl (C=O) groups is 2. The molecule has 34 heavy (non-hydrogen) atoms. The number of amides is 1. The van der Waals surface area contributed by atoms with Crippen LogP contribution in [-0.2, 0) is 11.2 Å². The molecule has 0 saturated carbocycles. The third kappa shape index (κ3) is 5.68. The Balaban J connectivity index is 1.33. The van der Waals surface area contributed by atoms with Crippen molar-refractivity contribution in [2.75, 3.05) is 23.3 Å². The third-order valence-corrected chi connectivity index (χ3v) is 6.41. The molecule has 0 unspecified atom stereocenters. The highest BCUT2D eigenvalue weighted by Crippen LogP contribution is 2.25. The Morgan fingerprint density at radius 2 is 1.76 bits per heavy atom. The van der Waals surface area contributed by atoms with Gasteiger partial charge in [-0.15, -0.1) is 0 Å². The van der Waals surface area contributed by atoms with Gasteiger partial charge in [0.1, 0.15) is 11.6 Å². The van der Waals surface area contributed by atoms with Gasteiger partial charge >= 0.3 is 0 Å². The van der Waals surface area contributed by atoms with E-state index in [2.05, 4.69) is 41.2 Å². The van der Waals surface area contributed by atoms with Crippen LogP contribution >= 0.6 is 0 Å². The zero-order valence-corrected chi connectivity index (χ0v) is 19.6. The topological polar surface area (TPSA) is 62.3 Å². The lowest BCUT2D eigenvalue weighted by Crippen LogP contribution is -2.38. The van der Waals surface area contributed by atoms with Crippen molar-refractivity contribution < 1.29 is 14.0 Å². The molecule has 1 amide bonds. The number of halogens is 1. The SMILES string of the molecule is CC(C)c1ccc(NC(=O)C2CCN(c3cc(C(=O)Cc4ccccc4F)ccn3)CC2)cc1. The van der Waals surface area contributed by atoms with Crippen molar-refractivity contribution in [3.63, 3.8) is 0 Å². The zero-order chi connectivity index (χ0) is 24.1. The van der Waals surface area contributed by atoms with Crippen molar-refractivity contribution in [1.29, 1.82) is 0 Å². The number of anilines is 2. The second-order valence-electron chi connectivity index (χ2n) is 9.12. The van der Waals surface area contributed by atoms with E-state index in [1.165, 1.54) is 11.6 Å². The van der Waals surface area contributed by atoms with Crippen LogP contribution in [0.5, 0.6) is 0 Å². The minimum Gasteiger partial charge on any atom is -0.357 e. The van der Waals surface area contributed by atoms with Crippen LogP contribution in [0.25, 0.3) is 0 Å². The molecule has 0 aliphatic carbocycles. The second-order valence-corrected chi connectivity index (χ2v) is 9.12. The molecular formula is C28H30FN3O2. The van der Waals surface area contributed by atoms with Gasteiger partial charge in [0.2, 0.25) is 5.91 Å². The van der Waals surface area contributed by atoms with E-state index in [-0.39, 0.29) is 29.8 Å². The van der Waals surface area contributed by atoms with Crippen LogP contribution in [0, 0.1) is 11.7 Å². The number of nitrogens with zero attached hydrogens (tertiary/aromatic N) is 2. The molecule has 3 aromatic rings.